The highest BCUT2D eigenvalue weighted by Gasteiger charge is 2.01. The number of benzene rings is 3. The van der Waals surface area contributed by atoms with Gasteiger partial charge in [-0.2, -0.15) is 5.26 Å². The third-order valence-electron chi connectivity index (χ3n) is 3.20. The summed E-state index contributed by atoms with van der Waals surface area (Å²) in [5, 5.41) is 11.0. The molecule has 0 aliphatic rings. The number of nitrogens with zero attached hydrogens (tertiary/aromatic N) is 1. The Morgan fingerprint density at radius 1 is 0.905 bits per heavy atom. The molecule has 0 unspecified atom stereocenters. The highest BCUT2D eigenvalue weighted by atomic mass is 32.2. The zero-order valence-corrected chi connectivity index (χ0v) is 12.4. The molecule has 2 nitrogen and oxygen atoms in total. The average Bonchev–Trinajstić information content (AvgIpc) is 2.53. The second-order valence-electron chi connectivity index (χ2n) is 4.82. The Labute approximate surface area is 128 Å². The fraction of sp³-hybridized carbons (Fsp3) is 0.0556. The van der Waals surface area contributed by atoms with Crippen molar-refractivity contribution in [1.82, 2.24) is 0 Å². The van der Waals surface area contributed by atoms with Gasteiger partial charge in [-0.25, -0.2) is 0 Å². The molecule has 0 N–H and O–H groups in total. The minimum Gasteiger partial charge on any atom is -0.421 e. The van der Waals surface area contributed by atoms with Crippen LogP contribution in [0.25, 0.3) is 10.8 Å². The van der Waals surface area contributed by atoms with E-state index < -0.39 is 0 Å². The molecule has 0 heterocycles. The van der Waals surface area contributed by atoms with Crippen LogP contribution in [0.5, 0.6) is 5.75 Å². The van der Waals surface area contributed by atoms with Gasteiger partial charge in [-0.1, -0.05) is 29.8 Å². The van der Waals surface area contributed by atoms with Gasteiger partial charge in [-0.15, -0.1) is 0 Å². The summed E-state index contributed by atoms with van der Waals surface area (Å²) in [4.78, 5) is 1.07. The van der Waals surface area contributed by atoms with Crippen LogP contribution in [0.15, 0.2) is 65.6 Å². The first-order valence-corrected chi connectivity index (χ1v) is 7.34. The summed E-state index contributed by atoms with van der Waals surface area (Å²) in [6.07, 6.45) is 0. The molecule has 0 aromatic heterocycles. The first-order chi connectivity index (χ1) is 10.2. The van der Waals surface area contributed by atoms with Gasteiger partial charge in [-0.05, 0) is 54.1 Å². The Morgan fingerprint density at radius 2 is 1.62 bits per heavy atom. The molecule has 0 radical (unpaired) electrons. The third kappa shape index (κ3) is 3.18. The van der Waals surface area contributed by atoms with E-state index in [1.54, 1.807) is 0 Å². The molecule has 0 aliphatic heterocycles. The van der Waals surface area contributed by atoms with Crippen LogP contribution in [0.2, 0.25) is 0 Å². The molecule has 0 atom stereocenters. The normalized spacial score (nSPS) is 10.3. The maximum absolute atomic E-state index is 8.90. The fourth-order valence-corrected chi connectivity index (χ4v) is 2.58. The van der Waals surface area contributed by atoms with Gasteiger partial charge in [0.1, 0.15) is 5.75 Å². The van der Waals surface area contributed by atoms with E-state index in [1.807, 2.05) is 48.5 Å². The zero-order chi connectivity index (χ0) is 14.7. The van der Waals surface area contributed by atoms with Crippen LogP contribution >= 0.6 is 12.0 Å². The minimum absolute atomic E-state index is 0.671. The molecule has 0 saturated carbocycles. The molecule has 0 fully saturated rings. The van der Waals surface area contributed by atoms with Crippen molar-refractivity contribution in [2.24, 2.45) is 0 Å². The third-order valence-corrected chi connectivity index (χ3v) is 3.94. The van der Waals surface area contributed by atoms with Crippen LogP contribution in [0.3, 0.4) is 0 Å². The lowest BCUT2D eigenvalue weighted by molar-refractivity contribution is 0.647. The lowest BCUT2D eigenvalue weighted by Gasteiger charge is -2.06. The summed E-state index contributed by atoms with van der Waals surface area (Å²) >= 11 is 1.35. The molecule has 3 heteroatoms. The van der Waals surface area contributed by atoms with Crippen LogP contribution < -0.4 is 4.18 Å². The zero-order valence-electron chi connectivity index (χ0n) is 11.5. The highest BCUT2D eigenvalue weighted by molar-refractivity contribution is 7.95. The maximum Gasteiger partial charge on any atom is 0.138 e. The number of rotatable bonds is 3. The van der Waals surface area contributed by atoms with Crippen molar-refractivity contribution in [2.45, 2.75) is 11.8 Å². The van der Waals surface area contributed by atoms with Crippen molar-refractivity contribution in [2.75, 3.05) is 0 Å². The predicted molar refractivity (Wildman–Crippen MR) is 86.3 cm³/mol. The van der Waals surface area contributed by atoms with Crippen molar-refractivity contribution < 1.29 is 4.18 Å². The van der Waals surface area contributed by atoms with Crippen LogP contribution in [-0.2, 0) is 0 Å². The lowest BCUT2D eigenvalue weighted by Crippen LogP contribution is -1.83. The van der Waals surface area contributed by atoms with E-state index >= 15 is 0 Å². The van der Waals surface area contributed by atoms with Crippen molar-refractivity contribution in [3.8, 4) is 11.8 Å². The summed E-state index contributed by atoms with van der Waals surface area (Å²) < 4.78 is 5.75. The largest absolute Gasteiger partial charge is 0.421 e. The Hall–Kier alpha value is -2.44. The standard InChI is InChI=1S/C18H13NOS/c1-13-2-8-18(9-3-13)21-20-17-7-6-15-10-14(12-19)4-5-16(15)11-17/h2-11H,1H3. The summed E-state index contributed by atoms with van der Waals surface area (Å²) in [5.41, 5.74) is 1.91. The molecule has 0 saturated heterocycles. The van der Waals surface area contributed by atoms with Crippen molar-refractivity contribution in [3.63, 3.8) is 0 Å². The molecular formula is C18H13NOS. The van der Waals surface area contributed by atoms with E-state index in [9.17, 15) is 0 Å². The molecule has 0 aliphatic carbocycles. The van der Waals surface area contributed by atoms with Crippen molar-refractivity contribution >= 4 is 22.8 Å². The van der Waals surface area contributed by atoms with Gasteiger partial charge in [0, 0.05) is 4.90 Å². The Morgan fingerprint density at radius 3 is 2.38 bits per heavy atom. The average molecular weight is 291 g/mol. The van der Waals surface area contributed by atoms with E-state index in [1.165, 1.54) is 17.6 Å². The molecule has 0 bridgehead atoms. The molecule has 0 amide bonds. The Kier molecular flexibility index (Phi) is 3.81. The van der Waals surface area contributed by atoms with Crippen molar-refractivity contribution in [1.29, 1.82) is 5.26 Å². The number of hydrogen-bond acceptors (Lipinski definition) is 3. The predicted octanol–water partition coefficient (Wildman–Crippen LogP) is 5.11. The van der Waals surface area contributed by atoms with E-state index in [0.717, 1.165) is 21.4 Å². The summed E-state index contributed by atoms with van der Waals surface area (Å²) in [6, 6.07) is 21.9. The van der Waals surface area contributed by atoms with E-state index in [-0.39, 0.29) is 0 Å². The van der Waals surface area contributed by atoms with Gasteiger partial charge in [0.15, 0.2) is 0 Å². The van der Waals surface area contributed by atoms with Gasteiger partial charge in [0.2, 0.25) is 0 Å². The van der Waals surface area contributed by atoms with Gasteiger partial charge in [0.05, 0.1) is 23.7 Å². The quantitative estimate of drug-likeness (QED) is 0.629. The van der Waals surface area contributed by atoms with Gasteiger partial charge < -0.3 is 4.18 Å². The van der Waals surface area contributed by atoms with E-state index in [2.05, 4.69) is 25.1 Å². The molecule has 0 spiro atoms. The summed E-state index contributed by atoms with van der Waals surface area (Å²) in [7, 11) is 0. The summed E-state index contributed by atoms with van der Waals surface area (Å²) in [6.45, 7) is 2.06. The molecule has 3 aromatic rings. The van der Waals surface area contributed by atoms with Gasteiger partial charge in [0.25, 0.3) is 0 Å². The number of aryl methyl sites for hydroxylation is 1. The Bertz CT molecular complexity index is 819. The van der Waals surface area contributed by atoms with Gasteiger partial charge >= 0.3 is 0 Å². The smallest absolute Gasteiger partial charge is 0.138 e. The number of nitriles is 1. The summed E-state index contributed by atoms with van der Waals surface area (Å²) in [5.74, 6) is 0.804. The minimum atomic E-state index is 0.671. The second-order valence-corrected chi connectivity index (χ2v) is 5.62. The van der Waals surface area contributed by atoms with Crippen LogP contribution in [-0.4, -0.2) is 0 Å². The molecule has 3 rings (SSSR count). The monoisotopic (exact) mass is 291 g/mol. The molecule has 102 valence electrons. The SMILES string of the molecule is Cc1ccc(SOc2ccc3cc(C#N)ccc3c2)cc1. The molecule has 21 heavy (non-hydrogen) atoms. The van der Waals surface area contributed by atoms with E-state index in [4.69, 9.17) is 9.44 Å². The fourth-order valence-electron chi connectivity index (χ4n) is 2.04. The molecule has 3 aromatic carbocycles. The maximum atomic E-state index is 8.90. The number of hydrogen-bond donors (Lipinski definition) is 0. The van der Waals surface area contributed by atoms with Crippen LogP contribution in [0, 0.1) is 18.3 Å². The van der Waals surface area contributed by atoms with E-state index in [0.29, 0.717) is 5.56 Å². The molecular weight excluding hydrogens is 278 g/mol. The second kappa shape index (κ2) is 5.90. The van der Waals surface area contributed by atoms with Gasteiger partial charge in [-0.3, -0.25) is 0 Å². The Balaban J connectivity index is 1.78. The van der Waals surface area contributed by atoms with Crippen LogP contribution in [0.1, 0.15) is 11.1 Å². The topological polar surface area (TPSA) is 33.0 Å². The van der Waals surface area contributed by atoms with Crippen LogP contribution in [0.4, 0.5) is 0 Å². The number of fused-ring (bicyclic) bond motifs is 1. The first-order valence-electron chi connectivity index (χ1n) is 6.60. The first kappa shape index (κ1) is 13.5. The lowest BCUT2D eigenvalue weighted by atomic mass is 10.1. The highest BCUT2D eigenvalue weighted by Crippen LogP contribution is 2.27. The van der Waals surface area contributed by atoms with Crippen molar-refractivity contribution in [3.05, 3.63) is 71.8 Å².